The van der Waals surface area contributed by atoms with Crippen molar-refractivity contribution >= 4 is 0 Å². The van der Waals surface area contributed by atoms with Crippen molar-refractivity contribution in [3.63, 3.8) is 0 Å². The van der Waals surface area contributed by atoms with Gasteiger partial charge in [-0.05, 0) is 48.6 Å². The van der Waals surface area contributed by atoms with Crippen molar-refractivity contribution in [2.75, 3.05) is 13.2 Å². The average molecular weight is 246 g/mol. The van der Waals surface area contributed by atoms with Gasteiger partial charge < -0.3 is 9.84 Å². The molecule has 1 aromatic rings. The van der Waals surface area contributed by atoms with Crippen molar-refractivity contribution in [2.24, 2.45) is 5.92 Å². The maximum Gasteiger partial charge on any atom is 0.0793 e. The van der Waals surface area contributed by atoms with Crippen molar-refractivity contribution in [2.45, 2.75) is 44.1 Å². The highest BCUT2D eigenvalue weighted by molar-refractivity contribution is 5.29. The van der Waals surface area contributed by atoms with E-state index in [1.54, 1.807) is 0 Å². The molecule has 2 heteroatoms. The molecule has 0 aromatic heterocycles. The highest BCUT2D eigenvalue weighted by Gasteiger charge is 2.23. The lowest BCUT2D eigenvalue weighted by molar-refractivity contribution is 0.129. The number of ether oxygens (including phenoxy) is 1. The van der Waals surface area contributed by atoms with E-state index in [9.17, 15) is 5.11 Å². The first-order valence-electron chi connectivity index (χ1n) is 7.18. The fourth-order valence-electron chi connectivity index (χ4n) is 2.98. The summed E-state index contributed by atoms with van der Waals surface area (Å²) in [6, 6.07) is 8.57. The Morgan fingerprint density at radius 2 is 2.17 bits per heavy atom. The van der Waals surface area contributed by atoms with Gasteiger partial charge in [0.1, 0.15) is 0 Å². The molecule has 2 nitrogen and oxygen atoms in total. The first-order chi connectivity index (χ1) is 8.83. The number of hydrogen-bond acceptors (Lipinski definition) is 2. The summed E-state index contributed by atoms with van der Waals surface area (Å²) < 4.78 is 5.37. The van der Waals surface area contributed by atoms with Crippen LogP contribution in [0.5, 0.6) is 0 Å². The van der Waals surface area contributed by atoms with Gasteiger partial charge in [0.25, 0.3) is 0 Å². The Bertz CT molecular complexity index is 392. The summed E-state index contributed by atoms with van der Waals surface area (Å²) >= 11 is 0. The van der Waals surface area contributed by atoms with Crippen molar-refractivity contribution in [1.29, 1.82) is 0 Å². The summed E-state index contributed by atoms with van der Waals surface area (Å²) in [4.78, 5) is 0. The van der Waals surface area contributed by atoms with Gasteiger partial charge in [0.2, 0.25) is 0 Å². The fraction of sp³-hybridized carbons (Fsp3) is 0.625. The molecule has 1 saturated carbocycles. The Balaban J connectivity index is 1.66. The van der Waals surface area contributed by atoms with E-state index in [-0.39, 0.29) is 6.10 Å². The van der Waals surface area contributed by atoms with E-state index in [1.807, 2.05) is 0 Å². The Hall–Kier alpha value is -0.860. The highest BCUT2D eigenvalue weighted by atomic mass is 16.5. The molecule has 0 amide bonds. The van der Waals surface area contributed by atoms with Crippen LogP contribution in [-0.2, 0) is 4.74 Å². The van der Waals surface area contributed by atoms with Crippen LogP contribution in [0.25, 0.3) is 0 Å². The third kappa shape index (κ3) is 2.60. The summed E-state index contributed by atoms with van der Waals surface area (Å²) in [6.07, 6.45) is 5.60. The van der Waals surface area contributed by atoms with Crippen LogP contribution in [0.3, 0.4) is 0 Å². The van der Waals surface area contributed by atoms with Crippen LogP contribution < -0.4 is 0 Å². The Kier molecular flexibility index (Phi) is 3.67. The normalized spacial score (nSPS) is 25.9. The van der Waals surface area contributed by atoms with Gasteiger partial charge in [0, 0.05) is 13.2 Å². The standard InChI is InChI=1S/C16H22O2/c17-16(9-12-7-8-18-11-12)15-6-2-5-14(10-15)13-3-1-4-13/h2,5-6,10,12-13,16-17H,1,3-4,7-9,11H2. The number of rotatable bonds is 4. The zero-order valence-corrected chi connectivity index (χ0v) is 10.8. The van der Waals surface area contributed by atoms with E-state index in [4.69, 9.17) is 4.74 Å². The lowest BCUT2D eigenvalue weighted by atomic mass is 9.79. The van der Waals surface area contributed by atoms with E-state index in [1.165, 1.54) is 24.8 Å². The zero-order valence-electron chi connectivity index (χ0n) is 10.8. The molecule has 1 N–H and O–H groups in total. The first kappa shape index (κ1) is 12.2. The molecule has 2 fully saturated rings. The maximum absolute atomic E-state index is 10.3. The molecule has 1 aliphatic heterocycles. The topological polar surface area (TPSA) is 29.5 Å². The second kappa shape index (κ2) is 5.41. The van der Waals surface area contributed by atoms with Crippen molar-refractivity contribution in [3.05, 3.63) is 35.4 Å². The first-order valence-corrected chi connectivity index (χ1v) is 7.18. The van der Waals surface area contributed by atoms with Crippen LogP contribution in [0.15, 0.2) is 24.3 Å². The summed E-state index contributed by atoms with van der Waals surface area (Å²) in [6.45, 7) is 1.68. The van der Waals surface area contributed by atoms with Crippen LogP contribution in [0.1, 0.15) is 55.3 Å². The molecule has 1 aliphatic carbocycles. The van der Waals surface area contributed by atoms with Crippen LogP contribution >= 0.6 is 0 Å². The summed E-state index contributed by atoms with van der Waals surface area (Å²) in [7, 11) is 0. The van der Waals surface area contributed by atoms with Gasteiger partial charge in [0.15, 0.2) is 0 Å². The molecule has 3 rings (SSSR count). The molecule has 0 radical (unpaired) electrons. The van der Waals surface area contributed by atoms with Crippen molar-refractivity contribution in [1.82, 2.24) is 0 Å². The monoisotopic (exact) mass is 246 g/mol. The maximum atomic E-state index is 10.3. The Labute approximate surface area is 109 Å². The fourth-order valence-corrected chi connectivity index (χ4v) is 2.98. The van der Waals surface area contributed by atoms with Gasteiger partial charge in [0.05, 0.1) is 6.10 Å². The van der Waals surface area contributed by atoms with Gasteiger partial charge >= 0.3 is 0 Å². The number of aliphatic hydroxyl groups excluding tert-OH is 1. The zero-order chi connectivity index (χ0) is 12.4. The lowest BCUT2D eigenvalue weighted by Gasteiger charge is -2.26. The number of hydrogen-bond donors (Lipinski definition) is 1. The molecule has 2 unspecified atom stereocenters. The third-order valence-corrected chi connectivity index (χ3v) is 4.45. The van der Waals surface area contributed by atoms with Crippen molar-refractivity contribution < 1.29 is 9.84 Å². The number of benzene rings is 1. The molecule has 0 spiro atoms. The largest absolute Gasteiger partial charge is 0.388 e. The van der Waals surface area contributed by atoms with E-state index >= 15 is 0 Å². The Morgan fingerprint density at radius 1 is 1.28 bits per heavy atom. The smallest absolute Gasteiger partial charge is 0.0793 e. The molecule has 2 atom stereocenters. The molecule has 1 aromatic carbocycles. The van der Waals surface area contributed by atoms with E-state index in [0.717, 1.165) is 37.5 Å². The Morgan fingerprint density at radius 3 is 2.83 bits per heavy atom. The number of aliphatic hydroxyl groups is 1. The molecule has 1 heterocycles. The van der Waals surface area contributed by atoms with Crippen molar-refractivity contribution in [3.8, 4) is 0 Å². The minimum atomic E-state index is -0.322. The molecular formula is C16H22O2. The highest BCUT2D eigenvalue weighted by Crippen LogP contribution is 2.37. The molecule has 2 aliphatic rings. The average Bonchev–Trinajstić information content (AvgIpc) is 2.80. The molecular weight excluding hydrogens is 224 g/mol. The molecule has 0 bridgehead atoms. The van der Waals surface area contributed by atoms with Crippen LogP contribution in [0.2, 0.25) is 0 Å². The lowest BCUT2D eigenvalue weighted by Crippen LogP contribution is -2.11. The summed E-state index contributed by atoms with van der Waals surface area (Å²) in [5, 5.41) is 10.3. The second-order valence-electron chi connectivity index (χ2n) is 5.78. The quantitative estimate of drug-likeness (QED) is 0.882. The van der Waals surface area contributed by atoms with Crippen LogP contribution in [-0.4, -0.2) is 18.3 Å². The van der Waals surface area contributed by atoms with Crippen LogP contribution in [0.4, 0.5) is 0 Å². The third-order valence-electron chi connectivity index (χ3n) is 4.45. The van der Waals surface area contributed by atoms with E-state index in [2.05, 4.69) is 24.3 Å². The second-order valence-corrected chi connectivity index (χ2v) is 5.78. The predicted octanol–water partition coefficient (Wildman–Crippen LogP) is 3.41. The van der Waals surface area contributed by atoms with Crippen LogP contribution in [0, 0.1) is 5.92 Å². The van der Waals surface area contributed by atoms with Gasteiger partial charge in [-0.2, -0.15) is 0 Å². The van der Waals surface area contributed by atoms with E-state index in [0.29, 0.717) is 5.92 Å². The van der Waals surface area contributed by atoms with E-state index < -0.39 is 0 Å². The van der Waals surface area contributed by atoms with Gasteiger partial charge in [-0.1, -0.05) is 30.7 Å². The molecule has 18 heavy (non-hydrogen) atoms. The minimum Gasteiger partial charge on any atom is -0.388 e. The summed E-state index contributed by atoms with van der Waals surface area (Å²) in [5.41, 5.74) is 2.51. The van der Waals surface area contributed by atoms with Gasteiger partial charge in [-0.25, -0.2) is 0 Å². The predicted molar refractivity (Wildman–Crippen MR) is 71.5 cm³/mol. The SMILES string of the molecule is OC(CC1CCOC1)c1cccc(C2CCC2)c1. The van der Waals surface area contributed by atoms with Gasteiger partial charge in [-0.15, -0.1) is 0 Å². The molecule has 98 valence electrons. The minimum absolute atomic E-state index is 0.322. The van der Waals surface area contributed by atoms with Gasteiger partial charge in [-0.3, -0.25) is 0 Å². The summed E-state index contributed by atoms with van der Waals surface area (Å²) in [5.74, 6) is 1.28. The molecule has 1 saturated heterocycles.